The van der Waals surface area contributed by atoms with Crippen molar-refractivity contribution in [2.45, 2.75) is 25.2 Å². The second-order valence-electron chi connectivity index (χ2n) is 3.69. The topological polar surface area (TPSA) is 123 Å². The highest BCUT2D eigenvalue weighted by molar-refractivity contribution is 7.89. The van der Waals surface area contributed by atoms with Crippen molar-refractivity contribution in [3.05, 3.63) is 17.0 Å². The number of rotatable bonds is 5. The van der Waals surface area contributed by atoms with E-state index in [4.69, 9.17) is 10.4 Å². The fourth-order valence-corrected chi connectivity index (χ4v) is 3.14. The first-order chi connectivity index (χ1) is 8.31. The lowest BCUT2D eigenvalue weighted by atomic mass is 10.2. The van der Waals surface area contributed by atoms with Crippen LogP contribution in [0.15, 0.2) is 4.90 Å². The number of aromatic carboxylic acids is 1. The van der Waals surface area contributed by atoms with Gasteiger partial charge in [-0.2, -0.15) is 5.26 Å². The summed E-state index contributed by atoms with van der Waals surface area (Å²) in [6.07, 6.45) is 0.0491. The van der Waals surface area contributed by atoms with E-state index >= 15 is 0 Å². The molecule has 0 saturated carbocycles. The van der Waals surface area contributed by atoms with E-state index in [1.165, 1.54) is 13.8 Å². The minimum atomic E-state index is -3.80. The number of carboxylic acids is 1. The summed E-state index contributed by atoms with van der Waals surface area (Å²) >= 11 is 0. The molecule has 0 radical (unpaired) electrons. The lowest BCUT2D eigenvalue weighted by Gasteiger charge is -2.05. The van der Waals surface area contributed by atoms with Crippen molar-refractivity contribution in [2.24, 2.45) is 0 Å². The average molecular weight is 271 g/mol. The number of aromatic amines is 1. The quantitative estimate of drug-likeness (QED) is 0.674. The Balaban J connectivity index is 3.18. The normalized spacial score (nSPS) is 11.2. The van der Waals surface area contributed by atoms with Crippen LogP contribution in [0.1, 0.15) is 28.2 Å². The maximum Gasteiger partial charge on any atom is 0.352 e. The van der Waals surface area contributed by atoms with Crippen LogP contribution in [0.4, 0.5) is 0 Å². The van der Waals surface area contributed by atoms with E-state index in [2.05, 4.69) is 9.71 Å². The molecule has 0 saturated heterocycles. The zero-order chi connectivity index (χ0) is 13.9. The number of aryl methyl sites for hydroxylation is 1. The third kappa shape index (κ3) is 2.69. The van der Waals surface area contributed by atoms with Gasteiger partial charge in [-0.15, -0.1) is 0 Å². The Hall–Kier alpha value is -1.85. The largest absolute Gasteiger partial charge is 0.477 e. The molecule has 0 atom stereocenters. The van der Waals surface area contributed by atoms with Gasteiger partial charge >= 0.3 is 5.97 Å². The molecule has 3 N–H and O–H groups in total. The molecule has 0 amide bonds. The van der Waals surface area contributed by atoms with Crippen LogP contribution in [0.25, 0.3) is 0 Å². The lowest BCUT2D eigenvalue weighted by molar-refractivity contribution is 0.0690. The van der Waals surface area contributed by atoms with E-state index in [0.29, 0.717) is 0 Å². The number of sulfonamides is 1. The van der Waals surface area contributed by atoms with Crippen molar-refractivity contribution in [1.82, 2.24) is 9.71 Å². The Labute approximate surface area is 104 Å². The zero-order valence-corrected chi connectivity index (χ0v) is 10.8. The predicted molar refractivity (Wildman–Crippen MR) is 62.6 cm³/mol. The summed E-state index contributed by atoms with van der Waals surface area (Å²) in [6, 6.07) is 1.82. The number of aromatic nitrogens is 1. The Bertz CT molecular complexity index is 610. The van der Waals surface area contributed by atoms with Crippen molar-refractivity contribution in [3.8, 4) is 6.07 Å². The molecule has 1 aromatic heterocycles. The van der Waals surface area contributed by atoms with Crippen LogP contribution in [-0.4, -0.2) is 31.0 Å². The predicted octanol–water partition coefficient (Wildman–Crippen LogP) is 0.522. The van der Waals surface area contributed by atoms with Crippen molar-refractivity contribution < 1.29 is 18.3 Å². The molecule has 18 heavy (non-hydrogen) atoms. The van der Waals surface area contributed by atoms with Crippen LogP contribution < -0.4 is 4.72 Å². The first kappa shape index (κ1) is 14.2. The van der Waals surface area contributed by atoms with Gasteiger partial charge < -0.3 is 10.1 Å². The van der Waals surface area contributed by atoms with E-state index in [-0.39, 0.29) is 34.8 Å². The number of nitriles is 1. The summed E-state index contributed by atoms with van der Waals surface area (Å²) in [7, 11) is -3.80. The van der Waals surface area contributed by atoms with Crippen LogP contribution in [0.2, 0.25) is 0 Å². The molecule has 0 spiro atoms. The SMILES string of the molecule is Cc1[nH]c(C(=O)O)c(C)c1S(=O)(=O)NCCC#N. The summed E-state index contributed by atoms with van der Waals surface area (Å²) in [4.78, 5) is 13.3. The second kappa shape index (κ2) is 5.20. The third-order valence-electron chi connectivity index (χ3n) is 2.38. The van der Waals surface area contributed by atoms with Gasteiger partial charge in [-0.25, -0.2) is 17.9 Å². The molecule has 7 nitrogen and oxygen atoms in total. The summed E-state index contributed by atoms with van der Waals surface area (Å²) in [5, 5.41) is 17.2. The zero-order valence-electron chi connectivity index (χ0n) is 9.94. The number of carboxylic acid groups (broad SMARTS) is 1. The van der Waals surface area contributed by atoms with Crippen LogP contribution in [0.3, 0.4) is 0 Å². The van der Waals surface area contributed by atoms with Gasteiger partial charge in [0.1, 0.15) is 10.6 Å². The maximum absolute atomic E-state index is 12.0. The number of hydrogen-bond acceptors (Lipinski definition) is 4. The van der Waals surface area contributed by atoms with E-state index < -0.39 is 16.0 Å². The minimum Gasteiger partial charge on any atom is -0.477 e. The van der Waals surface area contributed by atoms with Gasteiger partial charge in [-0.1, -0.05) is 0 Å². The van der Waals surface area contributed by atoms with Crippen molar-refractivity contribution >= 4 is 16.0 Å². The fraction of sp³-hybridized carbons (Fsp3) is 0.400. The Morgan fingerprint density at radius 3 is 2.56 bits per heavy atom. The first-order valence-corrected chi connectivity index (χ1v) is 6.58. The van der Waals surface area contributed by atoms with E-state index in [1.54, 1.807) is 0 Å². The molecular formula is C10H13N3O4S. The molecule has 0 bridgehead atoms. The van der Waals surface area contributed by atoms with Crippen molar-refractivity contribution in [3.63, 3.8) is 0 Å². The van der Waals surface area contributed by atoms with Gasteiger partial charge in [0.25, 0.3) is 0 Å². The molecule has 0 aliphatic rings. The molecule has 98 valence electrons. The number of H-pyrrole nitrogens is 1. The van der Waals surface area contributed by atoms with Crippen molar-refractivity contribution in [2.75, 3.05) is 6.54 Å². The molecule has 0 aliphatic heterocycles. The smallest absolute Gasteiger partial charge is 0.352 e. The van der Waals surface area contributed by atoms with Crippen LogP contribution in [0.5, 0.6) is 0 Å². The van der Waals surface area contributed by atoms with Crippen LogP contribution in [-0.2, 0) is 10.0 Å². The van der Waals surface area contributed by atoms with Gasteiger partial charge in [-0.3, -0.25) is 0 Å². The first-order valence-electron chi connectivity index (χ1n) is 5.10. The number of carbonyl (C=O) groups is 1. The standard InChI is InChI=1S/C10H13N3O4S/c1-6-8(10(14)15)13-7(2)9(6)18(16,17)12-5-3-4-11/h12-13H,3,5H2,1-2H3,(H,14,15). The maximum atomic E-state index is 12.0. The third-order valence-corrected chi connectivity index (χ3v) is 4.11. The minimum absolute atomic E-state index is 0.00863. The highest BCUT2D eigenvalue weighted by Gasteiger charge is 2.25. The van der Waals surface area contributed by atoms with Crippen LogP contribution >= 0.6 is 0 Å². The Morgan fingerprint density at radius 2 is 2.11 bits per heavy atom. The fourth-order valence-electron chi connectivity index (χ4n) is 1.66. The Morgan fingerprint density at radius 1 is 1.50 bits per heavy atom. The molecule has 0 fully saturated rings. The highest BCUT2D eigenvalue weighted by Crippen LogP contribution is 2.22. The summed E-state index contributed by atoms with van der Waals surface area (Å²) in [5.41, 5.74) is 0.270. The molecule has 8 heteroatoms. The number of nitrogens with one attached hydrogen (secondary N) is 2. The van der Waals surface area contributed by atoms with Gasteiger partial charge in [0, 0.05) is 24.2 Å². The lowest BCUT2D eigenvalue weighted by Crippen LogP contribution is -2.25. The van der Waals surface area contributed by atoms with Crippen molar-refractivity contribution in [1.29, 1.82) is 5.26 Å². The molecule has 1 rings (SSSR count). The van der Waals surface area contributed by atoms with E-state index in [1.807, 2.05) is 6.07 Å². The van der Waals surface area contributed by atoms with E-state index in [0.717, 1.165) is 0 Å². The molecule has 0 aliphatic carbocycles. The van der Waals surface area contributed by atoms with E-state index in [9.17, 15) is 13.2 Å². The van der Waals surface area contributed by atoms with Crippen LogP contribution in [0, 0.1) is 25.2 Å². The molecule has 0 unspecified atom stereocenters. The second-order valence-corrected chi connectivity index (χ2v) is 5.39. The summed E-state index contributed by atoms with van der Waals surface area (Å²) in [6.45, 7) is 2.90. The number of hydrogen-bond donors (Lipinski definition) is 3. The summed E-state index contributed by atoms with van der Waals surface area (Å²) < 4.78 is 26.1. The highest BCUT2D eigenvalue weighted by atomic mass is 32.2. The monoisotopic (exact) mass is 271 g/mol. The van der Waals surface area contributed by atoms with Gasteiger partial charge in [-0.05, 0) is 13.8 Å². The van der Waals surface area contributed by atoms with Gasteiger partial charge in [0.2, 0.25) is 10.0 Å². The average Bonchev–Trinajstić information content (AvgIpc) is 2.55. The Kier molecular flexibility index (Phi) is 4.11. The van der Waals surface area contributed by atoms with Gasteiger partial charge in [0.05, 0.1) is 6.07 Å². The molecule has 1 aromatic rings. The number of nitrogens with zero attached hydrogens (tertiary/aromatic N) is 1. The molecular weight excluding hydrogens is 258 g/mol. The molecule has 1 heterocycles. The van der Waals surface area contributed by atoms with Gasteiger partial charge in [0.15, 0.2) is 0 Å². The molecule has 0 aromatic carbocycles. The summed E-state index contributed by atoms with van der Waals surface area (Å²) in [5.74, 6) is -1.21.